The van der Waals surface area contributed by atoms with Crippen LogP contribution in [0.2, 0.25) is 0 Å². The molecule has 1 heterocycles. The highest BCUT2D eigenvalue weighted by molar-refractivity contribution is 5.46. The van der Waals surface area contributed by atoms with E-state index in [-0.39, 0.29) is 18.0 Å². The maximum atomic E-state index is 12.9. The van der Waals surface area contributed by atoms with E-state index in [0.717, 1.165) is 38.3 Å². The van der Waals surface area contributed by atoms with Crippen LogP contribution in [0, 0.1) is 5.82 Å². The van der Waals surface area contributed by atoms with Gasteiger partial charge in [-0.1, -0.05) is 0 Å². The van der Waals surface area contributed by atoms with Crippen molar-refractivity contribution >= 4 is 5.69 Å². The van der Waals surface area contributed by atoms with Crippen LogP contribution >= 0.6 is 0 Å². The third-order valence-corrected chi connectivity index (χ3v) is 4.05. The van der Waals surface area contributed by atoms with Crippen LogP contribution in [0.1, 0.15) is 20.3 Å². The first-order valence-corrected chi connectivity index (χ1v) is 6.89. The van der Waals surface area contributed by atoms with Crippen molar-refractivity contribution in [2.24, 2.45) is 0 Å². The van der Waals surface area contributed by atoms with Crippen LogP contribution in [0.4, 0.5) is 10.1 Å². The maximum absolute atomic E-state index is 12.9. The fourth-order valence-corrected chi connectivity index (χ4v) is 2.65. The zero-order chi connectivity index (χ0) is 13.9. The van der Waals surface area contributed by atoms with Crippen LogP contribution in [0.25, 0.3) is 0 Å². The lowest BCUT2D eigenvalue weighted by Crippen LogP contribution is -2.55. The first-order chi connectivity index (χ1) is 9.03. The fourth-order valence-electron chi connectivity index (χ4n) is 2.65. The highest BCUT2D eigenvalue weighted by atomic mass is 19.1. The van der Waals surface area contributed by atoms with E-state index in [9.17, 15) is 4.39 Å². The average molecular weight is 266 g/mol. The van der Waals surface area contributed by atoms with Crippen LogP contribution in [0.5, 0.6) is 0 Å². The lowest BCUT2D eigenvalue weighted by atomic mass is 9.97. The molecule has 1 aromatic rings. The van der Waals surface area contributed by atoms with E-state index in [0.29, 0.717) is 0 Å². The van der Waals surface area contributed by atoms with Gasteiger partial charge in [-0.05, 0) is 44.5 Å². The quantitative estimate of drug-likeness (QED) is 0.904. The number of aliphatic hydroxyl groups excluding tert-OH is 1. The summed E-state index contributed by atoms with van der Waals surface area (Å²) >= 11 is 0. The summed E-state index contributed by atoms with van der Waals surface area (Å²) in [4.78, 5) is 4.70. The summed E-state index contributed by atoms with van der Waals surface area (Å²) in [5, 5.41) is 9.12. The van der Waals surface area contributed by atoms with Crippen LogP contribution in [0.15, 0.2) is 24.3 Å². The van der Waals surface area contributed by atoms with Gasteiger partial charge in [-0.15, -0.1) is 0 Å². The number of nitrogens with zero attached hydrogens (tertiary/aromatic N) is 2. The molecule has 1 aliphatic heterocycles. The summed E-state index contributed by atoms with van der Waals surface area (Å²) in [5.74, 6) is -0.188. The summed E-state index contributed by atoms with van der Waals surface area (Å²) in [6.45, 7) is 8.43. The summed E-state index contributed by atoms with van der Waals surface area (Å²) in [5.41, 5.74) is 1.13. The van der Waals surface area contributed by atoms with Crippen molar-refractivity contribution in [2.45, 2.75) is 25.8 Å². The number of aliphatic hydroxyl groups is 1. The molecule has 19 heavy (non-hydrogen) atoms. The Morgan fingerprint density at radius 1 is 1.11 bits per heavy atom. The fraction of sp³-hybridized carbons (Fsp3) is 0.600. The molecule has 0 atom stereocenters. The molecule has 0 unspecified atom stereocenters. The Labute approximate surface area is 114 Å². The number of rotatable bonds is 4. The molecule has 0 saturated carbocycles. The molecule has 0 bridgehead atoms. The Hall–Kier alpha value is -1.13. The van der Waals surface area contributed by atoms with Crippen molar-refractivity contribution in [1.29, 1.82) is 0 Å². The molecule has 2 rings (SSSR count). The Morgan fingerprint density at radius 2 is 1.68 bits per heavy atom. The Bertz CT molecular complexity index is 397. The lowest BCUT2D eigenvalue weighted by Gasteiger charge is -2.44. The van der Waals surface area contributed by atoms with Gasteiger partial charge in [0.1, 0.15) is 5.82 Å². The number of benzene rings is 1. The van der Waals surface area contributed by atoms with Crippen LogP contribution < -0.4 is 4.90 Å². The van der Waals surface area contributed by atoms with Crippen molar-refractivity contribution in [2.75, 3.05) is 37.7 Å². The number of hydrogen-bond acceptors (Lipinski definition) is 3. The van der Waals surface area contributed by atoms with Crippen LogP contribution in [-0.4, -0.2) is 48.3 Å². The molecule has 1 aliphatic rings. The van der Waals surface area contributed by atoms with E-state index in [2.05, 4.69) is 23.6 Å². The van der Waals surface area contributed by atoms with Gasteiger partial charge in [-0.3, -0.25) is 4.90 Å². The van der Waals surface area contributed by atoms with Gasteiger partial charge >= 0.3 is 0 Å². The smallest absolute Gasteiger partial charge is 0.123 e. The standard InChI is InChI=1S/C15H23FN2O/c1-15(2,7-12-19)18-10-8-17(9-11-18)14-5-3-13(16)4-6-14/h3-6,19H,7-12H2,1-2H3. The first kappa shape index (κ1) is 14.3. The highest BCUT2D eigenvalue weighted by Gasteiger charge is 2.29. The maximum Gasteiger partial charge on any atom is 0.123 e. The Morgan fingerprint density at radius 3 is 2.21 bits per heavy atom. The van der Waals surface area contributed by atoms with Gasteiger partial charge in [0.05, 0.1) is 0 Å². The summed E-state index contributed by atoms with van der Waals surface area (Å²) in [6.07, 6.45) is 0.795. The minimum atomic E-state index is -0.188. The molecule has 1 aromatic carbocycles. The van der Waals surface area contributed by atoms with Crippen molar-refractivity contribution in [1.82, 2.24) is 4.90 Å². The molecule has 0 aliphatic carbocycles. The van der Waals surface area contributed by atoms with Crippen molar-refractivity contribution in [3.8, 4) is 0 Å². The molecule has 0 amide bonds. The van der Waals surface area contributed by atoms with Crippen LogP contribution in [0.3, 0.4) is 0 Å². The Balaban J connectivity index is 1.94. The monoisotopic (exact) mass is 266 g/mol. The van der Waals surface area contributed by atoms with E-state index >= 15 is 0 Å². The predicted molar refractivity (Wildman–Crippen MR) is 76.0 cm³/mol. The second-order valence-electron chi connectivity index (χ2n) is 5.74. The van der Waals surface area contributed by atoms with E-state index < -0.39 is 0 Å². The molecule has 4 heteroatoms. The van der Waals surface area contributed by atoms with E-state index in [1.165, 1.54) is 12.1 Å². The second kappa shape index (κ2) is 5.88. The van der Waals surface area contributed by atoms with E-state index in [4.69, 9.17) is 5.11 Å². The lowest BCUT2D eigenvalue weighted by molar-refractivity contribution is 0.0837. The molecule has 3 nitrogen and oxygen atoms in total. The van der Waals surface area contributed by atoms with Gasteiger partial charge in [0.15, 0.2) is 0 Å². The highest BCUT2D eigenvalue weighted by Crippen LogP contribution is 2.23. The predicted octanol–water partition coefficient (Wildman–Crippen LogP) is 2.11. The van der Waals surface area contributed by atoms with Gasteiger partial charge in [-0.25, -0.2) is 4.39 Å². The largest absolute Gasteiger partial charge is 0.396 e. The van der Waals surface area contributed by atoms with Gasteiger partial charge in [-0.2, -0.15) is 0 Å². The molecular formula is C15H23FN2O. The summed E-state index contributed by atoms with van der Waals surface area (Å²) < 4.78 is 12.9. The van der Waals surface area contributed by atoms with Gasteiger partial charge < -0.3 is 10.0 Å². The van der Waals surface area contributed by atoms with Gasteiger partial charge in [0.2, 0.25) is 0 Å². The molecular weight excluding hydrogens is 243 g/mol. The van der Waals surface area contributed by atoms with Gasteiger partial charge in [0, 0.05) is 44.0 Å². The first-order valence-electron chi connectivity index (χ1n) is 6.89. The number of halogens is 1. The molecule has 1 N–H and O–H groups in total. The summed E-state index contributed by atoms with van der Waals surface area (Å²) in [6, 6.07) is 6.70. The number of piperazine rings is 1. The van der Waals surface area contributed by atoms with E-state index in [1.54, 1.807) is 0 Å². The topological polar surface area (TPSA) is 26.7 Å². The SMILES string of the molecule is CC(C)(CCO)N1CCN(c2ccc(F)cc2)CC1. The van der Waals surface area contributed by atoms with Crippen molar-refractivity contribution < 1.29 is 9.50 Å². The third-order valence-electron chi connectivity index (χ3n) is 4.05. The normalized spacial score (nSPS) is 17.8. The molecule has 0 aromatic heterocycles. The summed E-state index contributed by atoms with van der Waals surface area (Å²) in [7, 11) is 0. The van der Waals surface area contributed by atoms with Crippen molar-refractivity contribution in [3.05, 3.63) is 30.1 Å². The molecule has 0 radical (unpaired) electrons. The number of hydrogen-bond donors (Lipinski definition) is 1. The molecule has 1 fully saturated rings. The molecule has 106 valence electrons. The van der Waals surface area contributed by atoms with Gasteiger partial charge in [0.25, 0.3) is 0 Å². The molecule has 0 spiro atoms. The number of anilines is 1. The Kier molecular flexibility index (Phi) is 4.42. The average Bonchev–Trinajstić information content (AvgIpc) is 2.40. The van der Waals surface area contributed by atoms with Crippen LogP contribution in [-0.2, 0) is 0 Å². The minimum absolute atomic E-state index is 0.0453. The zero-order valence-corrected chi connectivity index (χ0v) is 11.8. The van der Waals surface area contributed by atoms with E-state index in [1.807, 2.05) is 12.1 Å². The van der Waals surface area contributed by atoms with Crippen molar-refractivity contribution in [3.63, 3.8) is 0 Å². The third kappa shape index (κ3) is 3.45. The zero-order valence-electron chi connectivity index (χ0n) is 11.8. The minimum Gasteiger partial charge on any atom is -0.396 e. The second-order valence-corrected chi connectivity index (χ2v) is 5.74. The molecule has 1 saturated heterocycles.